The van der Waals surface area contributed by atoms with E-state index in [9.17, 15) is 28.5 Å². The first-order valence-corrected chi connectivity index (χ1v) is 7.93. The van der Waals surface area contributed by atoms with E-state index in [4.69, 9.17) is 16.7 Å². The van der Waals surface area contributed by atoms with Gasteiger partial charge in [-0.2, -0.15) is 23.7 Å². The summed E-state index contributed by atoms with van der Waals surface area (Å²) in [5.74, 6) is -0.859. The molecule has 0 amide bonds. The Bertz CT molecular complexity index is 1180. The molecule has 2 aromatic rings. The smallest absolute Gasteiger partial charge is 0.397 e. The van der Waals surface area contributed by atoms with Gasteiger partial charge in [-0.15, -0.1) is 0 Å². The van der Waals surface area contributed by atoms with Crippen LogP contribution in [0, 0.1) is 32.9 Å². The Hall–Kier alpha value is -4.59. The Morgan fingerprint density at radius 3 is 2.53 bits per heavy atom. The molecule has 0 spiro atoms. The summed E-state index contributed by atoms with van der Waals surface area (Å²) in [5, 5.41) is 34.3. The third kappa shape index (κ3) is 3.22. The van der Waals surface area contributed by atoms with E-state index in [1.54, 1.807) is 6.07 Å². The molecule has 0 saturated heterocycles. The molecule has 3 rings (SSSR count). The molecule has 1 aromatic heterocycles. The summed E-state index contributed by atoms with van der Waals surface area (Å²) in [6.07, 6.45) is -3.44. The molecule has 30 heavy (non-hydrogen) atoms. The largest absolute Gasteiger partial charge is 0.417 e. The van der Waals surface area contributed by atoms with Gasteiger partial charge >= 0.3 is 6.18 Å². The fourth-order valence-electron chi connectivity index (χ4n) is 3.04. The predicted octanol–water partition coefficient (Wildman–Crippen LogP) is 1.99. The van der Waals surface area contributed by atoms with E-state index in [-0.39, 0.29) is 34.4 Å². The van der Waals surface area contributed by atoms with E-state index in [2.05, 4.69) is 20.6 Å². The van der Waals surface area contributed by atoms with Gasteiger partial charge in [-0.1, -0.05) is 6.07 Å². The minimum absolute atomic E-state index is 0.201. The molecule has 0 bridgehead atoms. The molecular weight excluding hydrogens is 407 g/mol. The molecule has 1 unspecified atom stereocenters. The number of halogens is 3. The number of nitro groups is 1. The molecule has 152 valence electrons. The van der Waals surface area contributed by atoms with Gasteiger partial charge in [0.2, 0.25) is 5.96 Å². The van der Waals surface area contributed by atoms with Crippen molar-refractivity contribution < 1.29 is 18.1 Å². The first-order chi connectivity index (χ1) is 14.1. The van der Waals surface area contributed by atoms with Crippen molar-refractivity contribution in [3.63, 3.8) is 0 Å². The van der Waals surface area contributed by atoms with Gasteiger partial charge in [-0.05, 0) is 6.07 Å². The summed E-state index contributed by atoms with van der Waals surface area (Å²) >= 11 is 0. The number of rotatable bonds is 2. The predicted molar refractivity (Wildman–Crippen MR) is 97.5 cm³/mol. The van der Waals surface area contributed by atoms with Crippen molar-refractivity contribution in [3.05, 3.63) is 50.6 Å². The van der Waals surface area contributed by atoms with E-state index in [1.165, 1.54) is 6.19 Å². The summed E-state index contributed by atoms with van der Waals surface area (Å²) in [6, 6.07) is 2.40. The maximum Gasteiger partial charge on any atom is 0.417 e. The van der Waals surface area contributed by atoms with Crippen LogP contribution < -0.4 is 22.1 Å². The molecule has 1 atom stereocenters. The number of nitriles is 2. The number of aromatic nitrogens is 1. The molecule has 0 saturated carbocycles. The van der Waals surface area contributed by atoms with Gasteiger partial charge in [-0.3, -0.25) is 15.4 Å². The van der Waals surface area contributed by atoms with Crippen LogP contribution >= 0.6 is 0 Å². The lowest BCUT2D eigenvalue weighted by atomic mass is 9.90. The van der Waals surface area contributed by atoms with Crippen molar-refractivity contribution in [2.45, 2.75) is 12.2 Å². The fraction of sp³-hybridized carbons (Fsp3) is 0.125. The number of guanidine groups is 1. The summed E-state index contributed by atoms with van der Waals surface area (Å²) in [5.41, 5.74) is 7.72. The van der Waals surface area contributed by atoms with E-state index in [0.29, 0.717) is 6.07 Å². The standard InChI is InChI=1S/C16H10F3N9O2/c17-16(18,19)7-2-1-3-8(28(29)30)9(7)12-10-11(22)6(4-20)13(23)26-14(10)27-15(25-12)24-5-21/h1-3,12H,(H6,22,23,24,25,26,27). The Morgan fingerprint density at radius 1 is 1.27 bits per heavy atom. The number of fused-ring (bicyclic) bond motifs is 1. The van der Waals surface area contributed by atoms with Gasteiger partial charge in [-0.25, -0.2) is 9.98 Å². The molecule has 11 nitrogen and oxygen atoms in total. The molecule has 1 aliphatic heterocycles. The zero-order chi connectivity index (χ0) is 22.2. The minimum atomic E-state index is -4.97. The summed E-state index contributed by atoms with van der Waals surface area (Å²) in [4.78, 5) is 18.4. The number of benzene rings is 1. The Kier molecular flexibility index (Phi) is 4.77. The number of anilines is 3. The van der Waals surface area contributed by atoms with Gasteiger partial charge in [0, 0.05) is 11.6 Å². The quantitative estimate of drug-likeness (QED) is 0.245. The normalized spacial score (nSPS) is 15.1. The Morgan fingerprint density at radius 2 is 1.97 bits per heavy atom. The maximum atomic E-state index is 13.7. The fourth-order valence-corrected chi connectivity index (χ4v) is 3.04. The van der Waals surface area contributed by atoms with Crippen LogP contribution in [0.4, 0.5) is 36.2 Å². The number of hydrogen-bond donors (Lipinski definition) is 4. The highest BCUT2D eigenvalue weighted by atomic mass is 19.4. The van der Waals surface area contributed by atoms with Gasteiger partial charge < -0.3 is 16.8 Å². The molecule has 2 heterocycles. The number of nitro benzene ring substituents is 1. The number of nitrogens with two attached hydrogens (primary N) is 2. The zero-order valence-electron chi connectivity index (χ0n) is 14.7. The highest BCUT2D eigenvalue weighted by Gasteiger charge is 2.42. The number of aliphatic imine (C=N–C) groups is 1. The van der Waals surface area contributed by atoms with Gasteiger partial charge in [0.1, 0.15) is 29.3 Å². The third-order valence-corrected chi connectivity index (χ3v) is 4.22. The SMILES string of the molecule is N#CNC1=NC(c2c([N+](=O)[O-])cccc2C(F)(F)F)c2c(nc(N)c(C#N)c2N)N1. The third-order valence-electron chi connectivity index (χ3n) is 4.22. The Labute approximate surface area is 165 Å². The topological polar surface area (TPSA) is 192 Å². The van der Waals surface area contributed by atoms with Crippen LogP contribution in [-0.4, -0.2) is 15.9 Å². The van der Waals surface area contributed by atoms with Crippen LogP contribution in [0.5, 0.6) is 0 Å². The summed E-state index contributed by atoms with van der Waals surface area (Å²) in [7, 11) is 0. The van der Waals surface area contributed by atoms with E-state index >= 15 is 0 Å². The molecule has 0 fully saturated rings. The number of nitrogens with zero attached hydrogens (tertiary/aromatic N) is 5. The van der Waals surface area contributed by atoms with Crippen LogP contribution in [-0.2, 0) is 6.18 Å². The lowest BCUT2D eigenvalue weighted by Crippen LogP contribution is -2.33. The summed E-state index contributed by atoms with van der Waals surface area (Å²) in [6.45, 7) is 0. The van der Waals surface area contributed by atoms with Crippen molar-refractivity contribution in [1.82, 2.24) is 10.3 Å². The Balaban J connectivity index is 2.44. The molecule has 0 aliphatic carbocycles. The van der Waals surface area contributed by atoms with Crippen LogP contribution in [0.1, 0.15) is 28.3 Å². The van der Waals surface area contributed by atoms with Crippen molar-refractivity contribution in [3.8, 4) is 12.3 Å². The number of nitrogens with one attached hydrogen (secondary N) is 2. The number of hydrogen-bond acceptors (Lipinski definition) is 10. The number of alkyl halides is 3. The minimum Gasteiger partial charge on any atom is -0.397 e. The average molecular weight is 417 g/mol. The van der Waals surface area contributed by atoms with Crippen LogP contribution in [0.15, 0.2) is 23.2 Å². The maximum absolute atomic E-state index is 13.7. The lowest BCUT2D eigenvalue weighted by Gasteiger charge is -2.27. The molecular formula is C16H10F3N9O2. The van der Waals surface area contributed by atoms with Gasteiger partial charge in [0.25, 0.3) is 5.69 Å². The number of pyridine rings is 1. The highest BCUT2D eigenvalue weighted by Crippen LogP contribution is 2.47. The second-order valence-corrected chi connectivity index (χ2v) is 5.90. The van der Waals surface area contributed by atoms with Crippen molar-refractivity contribution >= 4 is 29.0 Å². The molecule has 1 aliphatic rings. The van der Waals surface area contributed by atoms with E-state index in [0.717, 1.165) is 12.1 Å². The molecule has 1 aromatic carbocycles. The monoisotopic (exact) mass is 417 g/mol. The lowest BCUT2D eigenvalue weighted by molar-refractivity contribution is -0.385. The van der Waals surface area contributed by atoms with Gasteiger partial charge in [0.15, 0.2) is 6.19 Å². The molecule has 0 radical (unpaired) electrons. The van der Waals surface area contributed by atoms with Gasteiger partial charge in [0.05, 0.1) is 21.7 Å². The average Bonchev–Trinajstić information content (AvgIpc) is 2.66. The second-order valence-electron chi connectivity index (χ2n) is 5.90. The van der Waals surface area contributed by atoms with Crippen LogP contribution in [0.3, 0.4) is 0 Å². The van der Waals surface area contributed by atoms with E-state index < -0.39 is 34.0 Å². The molecule has 6 N–H and O–H groups in total. The number of nitrogen functional groups attached to an aromatic ring is 2. The van der Waals surface area contributed by atoms with Crippen molar-refractivity contribution in [2.75, 3.05) is 16.8 Å². The van der Waals surface area contributed by atoms with Crippen molar-refractivity contribution in [1.29, 1.82) is 10.5 Å². The van der Waals surface area contributed by atoms with E-state index in [1.807, 2.05) is 0 Å². The highest BCUT2D eigenvalue weighted by molar-refractivity contribution is 5.98. The van der Waals surface area contributed by atoms with Crippen molar-refractivity contribution in [2.24, 2.45) is 4.99 Å². The molecule has 14 heteroatoms. The first-order valence-electron chi connectivity index (χ1n) is 7.93. The zero-order valence-corrected chi connectivity index (χ0v) is 14.7. The summed E-state index contributed by atoms with van der Waals surface area (Å²) < 4.78 is 41.1. The first kappa shape index (κ1) is 20.2. The van der Waals surface area contributed by atoms with Crippen LogP contribution in [0.25, 0.3) is 0 Å². The van der Waals surface area contributed by atoms with Crippen LogP contribution in [0.2, 0.25) is 0 Å². The second kappa shape index (κ2) is 7.10.